The first kappa shape index (κ1) is 10.7. The number of rotatable bonds is 1. The van der Waals surface area contributed by atoms with Gasteiger partial charge in [-0.3, -0.25) is 9.69 Å². The number of halogens is 1. The average molecular weight is 225 g/mol. The molecule has 1 amide bonds. The third-order valence-electron chi connectivity index (χ3n) is 2.44. The number of hydrogen-bond acceptors (Lipinski definition) is 3. The molecule has 0 aliphatic carbocycles. The van der Waals surface area contributed by atoms with Crippen LogP contribution >= 0.6 is 0 Å². The summed E-state index contributed by atoms with van der Waals surface area (Å²) in [5.41, 5.74) is 1.16. The number of fused-ring (bicyclic) bond motifs is 1. The molecule has 0 unspecified atom stereocenters. The van der Waals surface area contributed by atoms with Crippen LogP contribution in [-0.2, 0) is 11.8 Å². The second-order valence-electron chi connectivity index (χ2n) is 3.57. The summed E-state index contributed by atoms with van der Waals surface area (Å²) in [6, 6.07) is 0. The van der Waals surface area contributed by atoms with E-state index >= 15 is 0 Å². The highest BCUT2D eigenvalue weighted by atomic mass is 19.1. The zero-order valence-electron chi connectivity index (χ0n) is 9.16. The summed E-state index contributed by atoms with van der Waals surface area (Å²) in [4.78, 5) is 12.9. The highest BCUT2D eigenvalue weighted by Gasteiger charge is 2.30. The molecule has 0 aromatic carbocycles. The van der Waals surface area contributed by atoms with Gasteiger partial charge >= 0.3 is 0 Å². The number of carbonyl (C=O) groups is 1. The maximum Gasteiger partial charge on any atom is 0.286 e. The predicted molar refractivity (Wildman–Crippen MR) is 56.0 cm³/mol. The number of anilines is 1. The van der Waals surface area contributed by atoms with Crippen LogP contribution in [0.4, 0.5) is 10.1 Å². The molecule has 0 N–H and O–H groups in total. The average Bonchev–Trinajstić information content (AvgIpc) is 2.54. The lowest BCUT2D eigenvalue weighted by Crippen LogP contribution is -2.38. The van der Waals surface area contributed by atoms with E-state index in [9.17, 15) is 9.18 Å². The van der Waals surface area contributed by atoms with Gasteiger partial charge in [-0.05, 0) is 6.92 Å². The first-order chi connectivity index (χ1) is 7.52. The van der Waals surface area contributed by atoms with E-state index in [2.05, 4.69) is 11.7 Å². The Morgan fingerprint density at radius 3 is 2.94 bits per heavy atom. The third-order valence-corrected chi connectivity index (χ3v) is 2.44. The van der Waals surface area contributed by atoms with Crippen LogP contribution in [0.25, 0.3) is 0 Å². The van der Waals surface area contributed by atoms with Gasteiger partial charge in [0.05, 0.1) is 12.2 Å². The lowest BCUT2D eigenvalue weighted by Gasteiger charge is -2.26. The zero-order chi connectivity index (χ0) is 11.9. The van der Waals surface area contributed by atoms with Crippen LogP contribution in [0.15, 0.2) is 12.4 Å². The van der Waals surface area contributed by atoms with Gasteiger partial charge < -0.3 is 4.74 Å². The molecule has 2 heterocycles. The van der Waals surface area contributed by atoms with Crippen molar-refractivity contribution in [3.63, 3.8) is 0 Å². The first-order valence-corrected chi connectivity index (χ1v) is 4.85. The lowest BCUT2D eigenvalue weighted by atomic mass is 10.3. The summed E-state index contributed by atoms with van der Waals surface area (Å²) in [6.45, 7) is 5.39. The Kier molecular flexibility index (Phi) is 2.41. The van der Waals surface area contributed by atoms with Crippen molar-refractivity contribution in [2.75, 3.05) is 18.1 Å². The molecule has 0 fully saturated rings. The van der Waals surface area contributed by atoms with Crippen LogP contribution in [0, 0.1) is 6.92 Å². The predicted octanol–water partition coefficient (Wildman–Crippen LogP) is 0.937. The fourth-order valence-corrected chi connectivity index (χ4v) is 1.79. The molecular formula is C10H12FN3O2. The van der Waals surface area contributed by atoms with Crippen molar-refractivity contribution in [2.24, 2.45) is 7.05 Å². The third kappa shape index (κ3) is 1.46. The molecule has 1 aromatic heterocycles. The van der Waals surface area contributed by atoms with E-state index in [1.165, 1.54) is 9.58 Å². The highest BCUT2D eigenvalue weighted by Crippen LogP contribution is 2.34. The Labute approximate surface area is 92.1 Å². The lowest BCUT2D eigenvalue weighted by molar-refractivity contribution is -0.116. The summed E-state index contributed by atoms with van der Waals surface area (Å²) in [5.74, 6) is -1.23. The second kappa shape index (κ2) is 3.62. The van der Waals surface area contributed by atoms with Crippen LogP contribution < -0.4 is 9.64 Å². The second-order valence-corrected chi connectivity index (χ2v) is 3.57. The number of amides is 1. The van der Waals surface area contributed by atoms with Crippen molar-refractivity contribution in [1.29, 1.82) is 0 Å². The van der Waals surface area contributed by atoms with Crippen molar-refractivity contribution < 1.29 is 13.9 Å². The van der Waals surface area contributed by atoms with Gasteiger partial charge in [-0.2, -0.15) is 5.10 Å². The van der Waals surface area contributed by atoms with Crippen LogP contribution in [-0.4, -0.2) is 28.8 Å². The number of carbonyl (C=O) groups excluding carboxylic acids is 1. The van der Waals surface area contributed by atoms with Gasteiger partial charge in [0.1, 0.15) is 12.3 Å². The van der Waals surface area contributed by atoms with E-state index in [0.717, 1.165) is 0 Å². The van der Waals surface area contributed by atoms with E-state index < -0.39 is 11.7 Å². The van der Waals surface area contributed by atoms with Crippen molar-refractivity contribution >= 4 is 11.6 Å². The Morgan fingerprint density at radius 2 is 2.31 bits per heavy atom. The number of ether oxygens (including phenoxy) is 1. The molecule has 6 heteroatoms. The van der Waals surface area contributed by atoms with E-state index in [-0.39, 0.29) is 0 Å². The van der Waals surface area contributed by atoms with Gasteiger partial charge in [0.15, 0.2) is 5.83 Å². The normalized spacial score (nSPS) is 14.3. The monoisotopic (exact) mass is 225 g/mol. The summed E-state index contributed by atoms with van der Waals surface area (Å²) >= 11 is 0. The Morgan fingerprint density at radius 1 is 1.62 bits per heavy atom. The van der Waals surface area contributed by atoms with Gasteiger partial charge in [0.2, 0.25) is 5.88 Å². The van der Waals surface area contributed by atoms with Crippen LogP contribution in [0.3, 0.4) is 0 Å². The summed E-state index contributed by atoms with van der Waals surface area (Å²) in [7, 11) is 1.71. The van der Waals surface area contributed by atoms with Gasteiger partial charge in [-0.15, -0.1) is 0 Å². The number of nitrogens with zero attached hydrogens (tertiary/aromatic N) is 3. The number of hydrogen-bond donors (Lipinski definition) is 0. The van der Waals surface area contributed by atoms with Crippen molar-refractivity contribution in [3.05, 3.63) is 18.1 Å². The van der Waals surface area contributed by atoms with Crippen molar-refractivity contribution in [1.82, 2.24) is 9.78 Å². The molecule has 2 rings (SSSR count). The number of aromatic nitrogens is 2. The highest BCUT2D eigenvalue weighted by molar-refractivity contribution is 6.05. The SMILES string of the molecule is C=C(F)C(=O)N1CCOc2c1c(C)nn2C. The molecule has 0 atom stereocenters. The zero-order valence-corrected chi connectivity index (χ0v) is 9.16. The van der Waals surface area contributed by atoms with Gasteiger partial charge in [0.25, 0.3) is 5.91 Å². The standard InChI is InChI=1S/C10H12FN3O2/c1-6(11)9(15)14-4-5-16-10-8(14)7(2)12-13(10)3/h1,4-5H2,2-3H3. The summed E-state index contributed by atoms with van der Waals surface area (Å²) < 4.78 is 19.8. The molecule has 0 saturated carbocycles. The fraction of sp³-hybridized carbons (Fsp3) is 0.400. The quantitative estimate of drug-likeness (QED) is 0.668. The van der Waals surface area contributed by atoms with Gasteiger partial charge in [-0.25, -0.2) is 9.07 Å². The molecule has 1 aromatic rings. The van der Waals surface area contributed by atoms with Crippen molar-refractivity contribution in [3.8, 4) is 5.88 Å². The van der Waals surface area contributed by atoms with E-state index in [1.54, 1.807) is 14.0 Å². The molecule has 0 radical (unpaired) electrons. The van der Waals surface area contributed by atoms with Crippen molar-refractivity contribution in [2.45, 2.75) is 6.92 Å². The Balaban J connectivity index is 2.47. The Bertz CT molecular complexity index is 467. The number of aryl methyl sites for hydroxylation is 2. The minimum absolute atomic E-state index is 0.307. The fourth-order valence-electron chi connectivity index (χ4n) is 1.79. The van der Waals surface area contributed by atoms with Crippen LogP contribution in [0.5, 0.6) is 5.88 Å². The molecule has 86 valence electrons. The summed E-state index contributed by atoms with van der Waals surface area (Å²) in [5, 5.41) is 4.13. The van der Waals surface area contributed by atoms with Gasteiger partial charge in [0, 0.05) is 7.05 Å². The largest absolute Gasteiger partial charge is 0.474 e. The van der Waals surface area contributed by atoms with Crippen LogP contribution in [0.1, 0.15) is 5.69 Å². The smallest absolute Gasteiger partial charge is 0.286 e. The van der Waals surface area contributed by atoms with E-state index in [1.807, 2.05) is 0 Å². The maximum absolute atomic E-state index is 12.9. The molecule has 0 saturated heterocycles. The molecular weight excluding hydrogens is 213 g/mol. The topological polar surface area (TPSA) is 47.4 Å². The molecule has 5 nitrogen and oxygen atoms in total. The Hall–Kier alpha value is -1.85. The minimum Gasteiger partial charge on any atom is -0.474 e. The van der Waals surface area contributed by atoms with Gasteiger partial charge in [-0.1, -0.05) is 6.58 Å². The maximum atomic E-state index is 12.9. The van der Waals surface area contributed by atoms with Crippen LogP contribution in [0.2, 0.25) is 0 Å². The van der Waals surface area contributed by atoms with E-state index in [4.69, 9.17) is 4.74 Å². The first-order valence-electron chi connectivity index (χ1n) is 4.85. The molecule has 16 heavy (non-hydrogen) atoms. The minimum atomic E-state index is -0.976. The molecule has 1 aliphatic heterocycles. The molecule has 0 bridgehead atoms. The van der Waals surface area contributed by atoms with E-state index in [0.29, 0.717) is 30.4 Å². The molecule has 1 aliphatic rings. The molecule has 0 spiro atoms. The summed E-state index contributed by atoms with van der Waals surface area (Å²) in [6.07, 6.45) is 0.